The van der Waals surface area contributed by atoms with Gasteiger partial charge in [-0.3, -0.25) is 14.9 Å². The fourth-order valence-electron chi connectivity index (χ4n) is 2.06. The molecule has 9 heteroatoms. The SMILES string of the molecule is CC(C)NCCN1C(=O)c2cc([N+](=O)[O-])ccc2S1(=O)=O. The highest BCUT2D eigenvalue weighted by molar-refractivity contribution is 7.90. The number of carbonyl (C=O) groups is 1. The van der Waals surface area contributed by atoms with Crippen LogP contribution in [0.15, 0.2) is 23.1 Å². The van der Waals surface area contributed by atoms with Crippen LogP contribution in [0.3, 0.4) is 0 Å². The van der Waals surface area contributed by atoms with Crippen LogP contribution in [0, 0.1) is 10.1 Å². The van der Waals surface area contributed by atoms with Crippen molar-refractivity contribution in [1.82, 2.24) is 9.62 Å². The van der Waals surface area contributed by atoms with E-state index in [9.17, 15) is 23.3 Å². The van der Waals surface area contributed by atoms with Crippen LogP contribution in [-0.4, -0.2) is 42.7 Å². The molecule has 0 unspecified atom stereocenters. The molecule has 1 heterocycles. The summed E-state index contributed by atoms with van der Waals surface area (Å²) in [6, 6.07) is 3.36. The number of non-ortho nitro benzene ring substituents is 1. The van der Waals surface area contributed by atoms with Crippen molar-refractivity contribution in [3.63, 3.8) is 0 Å². The molecular formula is C12H15N3O5S. The van der Waals surface area contributed by atoms with Gasteiger partial charge in [0.1, 0.15) is 4.90 Å². The van der Waals surface area contributed by atoms with Crippen molar-refractivity contribution in [3.8, 4) is 0 Å². The Bertz CT molecular complexity index is 699. The van der Waals surface area contributed by atoms with Gasteiger partial charge in [0.2, 0.25) is 0 Å². The molecule has 1 aromatic carbocycles. The molecule has 1 aliphatic heterocycles. The zero-order chi connectivity index (χ0) is 15.8. The van der Waals surface area contributed by atoms with Crippen LogP contribution in [0.1, 0.15) is 24.2 Å². The van der Waals surface area contributed by atoms with E-state index in [2.05, 4.69) is 5.32 Å². The highest BCUT2D eigenvalue weighted by Crippen LogP contribution is 2.32. The predicted molar refractivity (Wildman–Crippen MR) is 74.5 cm³/mol. The van der Waals surface area contributed by atoms with Gasteiger partial charge in [-0.25, -0.2) is 12.7 Å². The van der Waals surface area contributed by atoms with Crippen molar-refractivity contribution in [1.29, 1.82) is 0 Å². The van der Waals surface area contributed by atoms with E-state index in [1.165, 1.54) is 0 Å². The molecule has 0 spiro atoms. The van der Waals surface area contributed by atoms with Gasteiger partial charge in [-0.1, -0.05) is 13.8 Å². The molecule has 21 heavy (non-hydrogen) atoms. The maximum absolute atomic E-state index is 12.3. The maximum Gasteiger partial charge on any atom is 0.270 e. The van der Waals surface area contributed by atoms with Crippen molar-refractivity contribution in [3.05, 3.63) is 33.9 Å². The number of sulfonamides is 1. The number of fused-ring (bicyclic) bond motifs is 1. The molecule has 0 saturated carbocycles. The zero-order valence-corrected chi connectivity index (χ0v) is 12.4. The monoisotopic (exact) mass is 313 g/mol. The Balaban J connectivity index is 2.33. The van der Waals surface area contributed by atoms with Crippen LogP contribution in [-0.2, 0) is 10.0 Å². The molecule has 0 aliphatic carbocycles. The quantitative estimate of drug-likeness (QED) is 0.634. The molecule has 1 N–H and O–H groups in total. The third kappa shape index (κ3) is 2.74. The largest absolute Gasteiger partial charge is 0.313 e. The lowest BCUT2D eigenvalue weighted by molar-refractivity contribution is -0.384. The van der Waals surface area contributed by atoms with Crippen molar-refractivity contribution >= 4 is 21.6 Å². The lowest BCUT2D eigenvalue weighted by Gasteiger charge is -2.16. The van der Waals surface area contributed by atoms with Crippen LogP contribution in [0.2, 0.25) is 0 Å². The van der Waals surface area contributed by atoms with Crippen molar-refractivity contribution in [2.75, 3.05) is 13.1 Å². The summed E-state index contributed by atoms with van der Waals surface area (Å²) >= 11 is 0. The first-order valence-electron chi connectivity index (χ1n) is 6.34. The minimum absolute atomic E-state index is 0.0121. The van der Waals surface area contributed by atoms with E-state index in [4.69, 9.17) is 0 Å². The molecule has 1 amide bonds. The van der Waals surface area contributed by atoms with Gasteiger partial charge >= 0.3 is 0 Å². The number of amides is 1. The minimum atomic E-state index is -3.91. The predicted octanol–water partition coefficient (Wildman–Crippen LogP) is 0.737. The molecule has 0 aromatic heterocycles. The van der Waals surface area contributed by atoms with Crippen LogP contribution in [0.5, 0.6) is 0 Å². The molecular weight excluding hydrogens is 298 g/mol. The van der Waals surface area contributed by atoms with E-state index >= 15 is 0 Å². The fraction of sp³-hybridized carbons (Fsp3) is 0.417. The Morgan fingerprint density at radius 3 is 2.62 bits per heavy atom. The molecule has 2 rings (SSSR count). The minimum Gasteiger partial charge on any atom is -0.313 e. The first-order chi connectivity index (χ1) is 9.75. The number of hydrogen-bond acceptors (Lipinski definition) is 6. The van der Waals surface area contributed by atoms with Gasteiger partial charge in [-0.15, -0.1) is 0 Å². The van der Waals surface area contributed by atoms with Gasteiger partial charge in [-0.2, -0.15) is 0 Å². The molecule has 0 bridgehead atoms. The second-order valence-electron chi connectivity index (χ2n) is 4.93. The Kier molecular flexibility index (Phi) is 3.97. The molecule has 0 radical (unpaired) electrons. The number of carbonyl (C=O) groups excluding carboxylic acids is 1. The molecule has 114 valence electrons. The number of nitro groups is 1. The van der Waals surface area contributed by atoms with E-state index in [1.807, 2.05) is 13.8 Å². The zero-order valence-electron chi connectivity index (χ0n) is 11.6. The summed E-state index contributed by atoms with van der Waals surface area (Å²) in [5.41, 5.74) is -0.451. The maximum atomic E-state index is 12.3. The third-order valence-electron chi connectivity index (χ3n) is 3.07. The summed E-state index contributed by atoms with van der Waals surface area (Å²) in [6.45, 7) is 4.11. The summed E-state index contributed by atoms with van der Waals surface area (Å²) in [5.74, 6) is -0.723. The highest BCUT2D eigenvalue weighted by atomic mass is 32.2. The lowest BCUT2D eigenvalue weighted by atomic mass is 10.2. The average molecular weight is 313 g/mol. The Morgan fingerprint density at radius 1 is 1.38 bits per heavy atom. The van der Waals surface area contributed by atoms with Crippen molar-refractivity contribution < 1.29 is 18.1 Å². The smallest absolute Gasteiger partial charge is 0.270 e. The van der Waals surface area contributed by atoms with Crippen LogP contribution in [0.4, 0.5) is 5.69 Å². The number of hydrogen-bond donors (Lipinski definition) is 1. The summed E-state index contributed by atoms with van der Waals surface area (Å²) < 4.78 is 25.3. The van der Waals surface area contributed by atoms with E-state index in [0.717, 1.165) is 22.5 Å². The van der Waals surface area contributed by atoms with Crippen LogP contribution in [0.25, 0.3) is 0 Å². The van der Waals surface area contributed by atoms with E-state index in [0.29, 0.717) is 6.54 Å². The Morgan fingerprint density at radius 2 is 2.05 bits per heavy atom. The summed E-state index contributed by atoms with van der Waals surface area (Å²) in [6.07, 6.45) is 0. The first kappa shape index (κ1) is 15.4. The first-order valence-corrected chi connectivity index (χ1v) is 7.78. The number of nitro benzene ring substituents is 1. The summed E-state index contributed by atoms with van der Waals surface area (Å²) in [4.78, 5) is 22.0. The molecule has 0 saturated heterocycles. The van der Waals surface area contributed by atoms with Gasteiger partial charge in [0.25, 0.3) is 21.6 Å². The van der Waals surface area contributed by atoms with E-state index < -0.39 is 20.9 Å². The number of nitrogens with zero attached hydrogens (tertiary/aromatic N) is 2. The molecule has 8 nitrogen and oxygen atoms in total. The van der Waals surface area contributed by atoms with E-state index in [1.54, 1.807) is 0 Å². The number of benzene rings is 1. The van der Waals surface area contributed by atoms with Crippen LogP contribution >= 0.6 is 0 Å². The molecule has 1 aliphatic rings. The topological polar surface area (TPSA) is 110 Å². The second kappa shape index (κ2) is 5.41. The normalized spacial score (nSPS) is 16.3. The van der Waals surface area contributed by atoms with Gasteiger partial charge in [-0.05, 0) is 6.07 Å². The number of rotatable bonds is 5. The lowest BCUT2D eigenvalue weighted by Crippen LogP contribution is -2.38. The second-order valence-corrected chi connectivity index (χ2v) is 6.76. The molecule has 0 fully saturated rings. The molecule has 1 aromatic rings. The Hall–Kier alpha value is -2.00. The summed E-state index contributed by atoms with van der Waals surface area (Å²) in [5, 5.41) is 13.7. The van der Waals surface area contributed by atoms with Gasteiger partial charge in [0.05, 0.1) is 17.0 Å². The van der Waals surface area contributed by atoms with Gasteiger partial charge < -0.3 is 5.32 Å². The number of nitrogens with one attached hydrogen (secondary N) is 1. The van der Waals surface area contributed by atoms with E-state index in [-0.39, 0.29) is 28.7 Å². The van der Waals surface area contributed by atoms with Gasteiger partial charge in [0, 0.05) is 24.7 Å². The van der Waals surface area contributed by atoms with Crippen LogP contribution < -0.4 is 5.32 Å². The third-order valence-corrected chi connectivity index (χ3v) is 4.91. The standard InChI is InChI=1S/C12H15N3O5S/c1-8(2)13-5-6-14-12(16)10-7-9(15(17)18)3-4-11(10)21(14,19)20/h3-4,7-8,13H,5-6H2,1-2H3. The van der Waals surface area contributed by atoms with Crippen molar-refractivity contribution in [2.24, 2.45) is 0 Å². The summed E-state index contributed by atoms with van der Waals surface area (Å²) in [7, 11) is -3.91. The average Bonchev–Trinajstić information content (AvgIpc) is 2.59. The van der Waals surface area contributed by atoms with Crippen molar-refractivity contribution in [2.45, 2.75) is 24.8 Å². The van der Waals surface area contributed by atoms with Gasteiger partial charge in [0.15, 0.2) is 0 Å². The molecule has 0 atom stereocenters. The fourth-order valence-corrected chi connectivity index (χ4v) is 3.61. The highest BCUT2D eigenvalue weighted by Gasteiger charge is 2.41. The Labute approximate surface area is 122 Å².